The molecule has 0 spiro atoms. The van der Waals surface area contributed by atoms with Crippen LogP contribution in [0.25, 0.3) is 11.0 Å². The van der Waals surface area contributed by atoms with E-state index in [0.29, 0.717) is 17.6 Å². The first kappa shape index (κ1) is 13.1. The summed E-state index contributed by atoms with van der Waals surface area (Å²) in [7, 11) is 0. The molecule has 0 saturated carbocycles. The summed E-state index contributed by atoms with van der Waals surface area (Å²) in [5.41, 5.74) is 0.663. The molecule has 1 aliphatic heterocycles. The van der Waals surface area contributed by atoms with Gasteiger partial charge in [-0.25, -0.2) is 4.98 Å². The molecular formula is C14H19N5O. The maximum Gasteiger partial charge on any atom is 0.252 e. The predicted octanol–water partition coefficient (Wildman–Crippen LogP) is 1.15. The maximum absolute atomic E-state index is 12.0. The van der Waals surface area contributed by atoms with Crippen LogP contribution in [-0.4, -0.2) is 33.7 Å². The summed E-state index contributed by atoms with van der Waals surface area (Å²) in [6.45, 7) is 5.91. The van der Waals surface area contributed by atoms with E-state index in [1.165, 1.54) is 0 Å². The van der Waals surface area contributed by atoms with Gasteiger partial charge in [0.15, 0.2) is 0 Å². The van der Waals surface area contributed by atoms with E-state index in [9.17, 15) is 4.79 Å². The highest BCUT2D eigenvalue weighted by Crippen LogP contribution is 2.15. The average molecular weight is 273 g/mol. The lowest BCUT2D eigenvalue weighted by molar-refractivity contribution is 0.595. The molecule has 1 saturated heterocycles. The molecule has 6 nitrogen and oxygen atoms in total. The van der Waals surface area contributed by atoms with E-state index in [1.807, 2.05) is 13.8 Å². The highest BCUT2D eigenvalue weighted by molar-refractivity contribution is 5.75. The van der Waals surface area contributed by atoms with Gasteiger partial charge < -0.3 is 10.6 Å². The van der Waals surface area contributed by atoms with Crippen molar-refractivity contribution in [2.24, 2.45) is 0 Å². The topological polar surface area (TPSA) is 71.8 Å². The van der Waals surface area contributed by atoms with Gasteiger partial charge in [-0.15, -0.1) is 0 Å². The smallest absolute Gasteiger partial charge is 0.252 e. The summed E-state index contributed by atoms with van der Waals surface area (Å²) in [6.07, 6.45) is 2.83. The number of hydrogen-bond acceptors (Lipinski definition) is 5. The minimum atomic E-state index is -0.0281. The Labute approximate surface area is 117 Å². The molecule has 1 fully saturated rings. The second-order valence-corrected chi connectivity index (χ2v) is 5.44. The van der Waals surface area contributed by atoms with Crippen LogP contribution in [0.15, 0.2) is 23.1 Å². The lowest BCUT2D eigenvalue weighted by Crippen LogP contribution is -2.25. The largest absolute Gasteiger partial charge is 0.350 e. The van der Waals surface area contributed by atoms with E-state index in [0.717, 1.165) is 24.9 Å². The van der Waals surface area contributed by atoms with Gasteiger partial charge in [-0.3, -0.25) is 9.36 Å². The van der Waals surface area contributed by atoms with Gasteiger partial charge in [0.05, 0.1) is 0 Å². The predicted molar refractivity (Wildman–Crippen MR) is 79.1 cm³/mol. The normalized spacial score (nSPS) is 18.9. The molecule has 6 heteroatoms. The zero-order valence-electron chi connectivity index (χ0n) is 11.8. The molecule has 0 radical (unpaired) electrons. The van der Waals surface area contributed by atoms with Crippen LogP contribution in [0.5, 0.6) is 0 Å². The molecular weight excluding hydrogens is 254 g/mol. The van der Waals surface area contributed by atoms with Crippen LogP contribution in [0.2, 0.25) is 0 Å². The van der Waals surface area contributed by atoms with Crippen molar-refractivity contribution in [1.29, 1.82) is 0 Å². The van der Waals surface area contributed by atoms with Gasteiger partial charge >= 0.3 is 0 Å². The third-order valence-electron chi connectivity index (χ3n) is 3.58. The molecule has 2 aromatic heterocycles. The fraction of sp³-hybridized carbons (Fsp3) is 0.500. The number of hydrogen-bond donors (Lipinski definition) is 2. The van der Waals surface area contributed by atoms with Gasteiger partial charge in [-0.2, -0.15) is 4.98 Å². The molecule has 106 valence electrons. The summed E-state index contributed by atoms with van der Waals surface area (Å²) in [5, 5.41) is 7.50. The maximum atomic E-state index is 12.0. The summed E-state index contributed by atoms with van der Waals surface area (Å²) >= 11 is 0. The van der Waals surface area contributed by atoms with Gasteiger partial charge in [-0.05, 0) is 32.9 Å². The Kier molecular flexibility index (Phi) is 3.40. The summed E-state index contributed by atoms with van der Waals surface area (Å²) < 4.78 is 1.70. The molecule has 3 heterocycles. The van der Waals surface area contributed by atoms with E-state index in [-0.39, 0.29) is 11.6 Å². The monoisotopic (exact) mass is 273 g/mol. The van der Waals surface area contributed by atoms with Gasteiger partial charge in [0.25, 0.3) is 5.56 Å². The van der Waals surface area contributed by atoms with E-state index in [1.54, 1.807) is 22.9 Å². The Morgan fingerprint density at radius 1 is 1.45 bits per heavy atom. The molecule has 0 aromatic carbocycles. The number of anilines is 1. The lowest BCUT2D eigenvalue weighted by atomic mass is 10.2. The van der Waals surface area contributed by atoms with Crippen LogP contribution in [0, 0.1) is 0 Å². The standard InChI is InChI=1S/C14H19N5O/c1-9(2)19-12(20)4-3-10-7-16-14(18-13(10)19)17-11-5-6-15-8-11/h3-4,7,9,11,15H,5-6,8H2,1-2H3,(H,16,17,18). The van der Waals surface area contributed by atoms with Crippen molar-refractivity contribution in [3.05, 3.63) is 28.7 Å². The van der Waals surface area contributed by atoms with E-state index in [2.05, 4.69) is 20.6 Å². The molecule has 2 N–H and O–H groups in total. The van der Waals surface area contributed by atoms with E-state index >= 15 is 0 Å². The molecule has 0 amide bonds. The second kappa shape index (κ2) is 5.20. The summed E-state index contributed by atoms with van der Waals surface area (Å²) in [6, 6.07) is 3.77. The summed E-state index contributed by atoms with van der Waals surface area (Å²) in [4.78, 5) is 20.9. The number of aromatic nitrogens is 3. The first-order chi connectivity index (χ1) is 9.65. The van der Waals surface area contributed by atoms with Crippen LogP contribution in [-0.2, 0) is 0 Å². The molecule has 20 heavy (non-hydrogen) atoms. The van der Waals surface area contributed by atoms with Crippen molar-refractivity contribution in [2.45, 2.75) is 32.4 Å². The number of nitrogens with one attached hydrogen (secondary N) is 2. The first-order valence-corrected chi connectivity index (χ1v) is 7.00. The Bertz CT molecular complexity index is 673. The van der Waals surface area contributed by atoms with Gasteiger partial charge in [0, 0.05) is 36.3 Å². The zero-order valence-corrected chi connectivity index (χ0v) is 11.8. The molecule has 3 rings (SSSR count). The molecule has 0 aliphatic carbocycles. The highest BCUT2D eigenvalue weighted by Gasteiger charge is 2.16. The number of rotatable bonds is 3. The zero-order chi connectivity index (χ0) is 14.1. The fourth-order valence-corrected chi connectivity index (χ4v) is 2.57. The highest BCUT2D eigenvalue weighted by atomic mass is 16.1. The average Bonchev–Trinajstić information content (AvgIpc) is 2.90. The SMILES string of the molecule is CC(C)n1c(=O)ccc2cnc(NC3CCNC3)nc21. The summed E-state index contributed by atoms with van der Waals surface area (Å²) in [5.74, 6) is 0.589. The lowest BCUT2D eigenvalue weighted by Gasteiger charge is -2.15. The quantitative estimate of drug-likeness (QED) is 0.877. The number of pyridine rings is 1. The van der Waals surface area contributed by atoms with E-state index in [4.69, 9.17) is 0 Å². The number of fused-ring (bicyclic) bond motifs is 1. The second-order valence-electron chi connectivity index (χ2n) is 5.44. The Morgan fingerprint density at radius 2 is 2.30 bits per heavy atom. The van der Waals surface area contributed by atoms with Crippen molar-refractivity contribution < 1.29 is 0 Å². The third kappa shape index (κ3) is 2.38. The van der Waals surface area contributed by atoms with Gasteiger partial charge in [0.2, 0.25) is 5.95 Å². The Hall–Kier alpha value is -1.95. The molecule has 1 unspecified atom stereocenters. The van der Waals surface area contributed by atoms with Crippen molar-refractivity contribution in [2.75, 3.05) is 18.4 Å². The van der Waals surface area contributed by atoms with Crippen molar-refractivity contribution in [3.8, 4) is 0 Å². The van der Waals surface area contributed by atoms with Crippen molar-refractivity contribution in [3.63, 3.8) is 0 Å². The van der Waals surface area contributed by atoms with Gasteiger partial charge in [0.1, 0.15) is 5.65 Å². The Morgan fingerprint density at radius 3 is 3.00 bits per heavy atom. The molecule has 1 atom stereocenters. The minimum Gasteiger partial charge on any atom is -0.350 e. The fourth-order valence-electron chi connectivity index (χ4n) is 2.57. The molecule has 2 aromatic rings. The third-order valence-corrected chi connectivity index (χ3v) is 3.58. The van der Waals surface area contributed by atoms with E-state index < -0.39 is 0 Å². The van der Waals surface area contributed by atoms with Crippen LogP contribution in [0.4, 0.5) is 5.95 Å². The Balaban J connectivity index is 2.04. The minimum absolute atomic E-state index is 0.0281. The van der Waals surface area contributed by atoms with Crippen molar-refractivity contribution in [1.82, 2.24) is 19.9 Å². The number of nitrogens with zero attached hydrogens (tertiary/aromatic N) is 3. The van der Waals surface area contributed by atoms with Gasteiger partial charge in [-0.1, -0.05) is 0 Å². The van der Waals surface area contributed by atoms with Crippen LogP contribution in [0.1, 0.15) is 26.3 Å². The first-order valence-electron chi connectivity index (χ1n) is 7.00. The van der Waals surface area contributed by atoms with Crippen LogP contribution in [0.3, 0.4) is 0 Å². The van der Waals surface area contributed by atoms with Crippen LogP contribution < -0.4 is 16.2 Å². The molecule has 1 aliphatic rings. The molecule has 0 bridgehead atoms. The van der Waals surface area contributed by atoms with Crippen LogP contribution >= 0.6 is 0 Å². The van der Waals surface area contributed by atoms with Crippen molar-refractivity contribution >= 4 is 17.0 Å².